The fourth-order valence-corrected chi connectivity index (χ4v) is 26.7. The molecule has 4 nitrogen and oxygen atoms in total. The molecule has 0 spiro atoms. The van der Waals surface area contributed by atoms with Crippen LogP contribution in [0.15, 0.2) is 499 Å². The molecule has 0 aliphatic carbocycles. The number of para-hydroxylation sites is 2. The van der Waals surface area contributed by atoms with Crippen LogP contribution in [0.3, 0.4) is 0 Å². The van der Waals surface area contributed by atoms with Crippen LogP contribution < -0.4 is 69.1 Å². The fourth-order valence-electron chi connectivity index (χ4n) is 15.7. The van der Waals surface area contributed by atoms with Crippen molar-refractivity contribution in [1.29, 1.82) is 0 Å². The number of halogens is 3. The standard InChI is InChI=1S/C23H19ClOSi.C18H18BClO3.4C18H15P.C11H13BrSi.CH4.Pd/c1-26(2,3)15-14-16-8-4-5-9-17(16)18-10-7-13-21-22(18)19-11-6-12-20(24)23(19)25-21;1-17(2)18(3,4)23-19(22-17)12-8-6-10-14-15(12)11-7-5-9-13(20)16(11)21-14;4*1-4-10-16(11-5-1)19(17-12-6-2-7-13-17)18-14-8-3-9-15-18;1-13(2,3)9-8-10-6-4-5-7-11(10)12;;/h4-13H,1-3H3;5-10H,1-4H3;4*1-15H;4-7H,1-3H3;1H4;. The molecule has 1 aliphatic heterocycles. The van der Waals surface area contributed by atoms with Gasteiger partial charge in [-0.2, -0.15) is 0 Å². The zero-order valence-electron chi connectivity index (χ0n) is 79.6. The largest absolute Gasteiger partial charge is 0.495 e. The van der Waals surface area contributed by atoms with Crippen molar-refractivity contribution >= 4 is 207 Å². The average molecular weight is 2130 g/mol. The van der Waals surface area contributed by atoms with E-state index in [2.05, 4.69) is 500 Å². The SMILES string of the molecule is C.CC1(C)OB(c2cccc3oc4c(Cl)cccc4c23)OC1(C)C.C[Si](C)(C)C#Cc1ccccc1-c1cccc2oc3c(Cl)cccc3c12.C[Si](C)(C)C#Cc1ccccc1Br.[Pd].c1ccc(P(c2ccccc2)c2ccccc2)cc1.c1ccc(P(c2ccccc2)c2ccccc2)cc1.c1ccc(P(c2ccccc2)c2ccccc2)cc1.c1ccc(P(c2ccccc2)c2ccccc2)cc1. The first-order chi connectivity index (χ1) is 67.0. The van der Waals surface area contributed by atoms with Crippen molar-refractivity contribution in [3.8, 4) is 34.1 Å². The molecule has 2 aromatic heterocycles. The van der Waals surface area contributed by atoms with E-state index in [4.69, 9.17) is 41.3 Å². The van der Waals surface area contributed by atoms with E-state index in [1.165, 1.54) is 63.7 Å². The second-order valence-corrected chi connectivity index (χ2v) is 55.9. The molecule has 20 aromatic rings. The molecular formula is C125H114BBrCl2O4P4PdSi2. The minimum Gasteiger partial charge on any atom is -0.455 e. The van der Waals surface area contributed by atoms with E-state index < -0.39 is 55.0 Å². The maximum absolute atomic E-state index is 6.35. The topological polar surface area (TPSA) is 44.7 Å². The first-order valence-electron chi connectivity index (χ1n) is 46.3. The molecule has 15 heteroatoms. The Bertz CT molecular complexity index is 6540. The number of benzene rings is 18. The van der Waals surface area contributed by atoms with Crippen LogP contribution in [0, 0.1) is 22.9 Å². The molecule has 18 aromatic carbocycles. The van der Waals surface area contributed by atoms with Crippen LogP contribution in [-0.2, 0) is 29.7 Å². The van der Waals surface area contributed by atoms with Gasteiger partial charge in [0.2, 0.25) is 0 Å². The summed E-state index contributed by atoms with van der Waals surface area (Å²) in [5.74, 6) is 6.64. The van der Waals surface area contributed by atoms with Crippen LogP contribution in [0.25, 0.3) is 55.0 Å². The Labute approximate surface area is 868 Å². The van der Waals surface area contributed by atoms with Gasteiger partial charge in [-0.05, 0) is 198 Å². The van der Waals surface area contributed by atoms with Crippen molar-refractivity contribution in [1.82, 2.24) is 0 Å². The second-order valence-electron chi connectivity index (χ2n) is 35.8. The Kier molecular flexibility index (Phi) is 38.8. The van der Waals surface area contributed by atoms with Gasteiger partial charge in [0.05, 0.1) is 21.2 Å². The normalized spacial score (nSPS) is 12.1. The predicted molar refractivity (Wildman–Crippen MR) is 621 cm³/mol. The number of hydrogen-bond donors (Lipinski definition) is 0. The van der Waals surface area contributed by atoms with E-state index >= 15 is 0 Å². The predicted octanol–water partition coefficient (Wildman–Crippen LogP) is 29.8. The number of rotatable bonds is 14. The van der Waals surface area contributed by atoms with Gasteiger partial charge in [0.25, 0.3) is 0 Å². The van der Waals surface area contributed by atoms with Crippen molar-refractivity contribution in [3.63, 3.8) is 0 Å². The molecule has 1 aliphatic rings. The third kappa shape index (κ3) is 28.3. The first kappa shape index (κ1) is 106. The van der Waals surface area contributed by atoms with Crippen molar-refractivity contribution in [2.75, 3.05) is 0 Å². The van der Waals surface area contributed by atoms with Gasteiger partial charge < -0.3 is 18.1 Å². The Morgan fingerprint density at radius 2 is 0.493 bits per heavy atom. The Balaban J connectivity index is 0.000000138. The third-order valence-corrected chi connectivity index (χ3v) is 35.7. The summed E-state index contributed by atoms with van der Waals surface area (Å²) in [4.78, 5) is 0. The second kappa shape index (κ2) is 51.3. The quantitative estimate of drug-likeness (QED) is 0.0618. The van der Waals surface area contributed by atoms with E-state index in [9.17, 15) is 0 Å². The number of fused-ring (bicyclic) bond motifs is 6. The summed E-state index contributed by atoms with van der Waals surface area (Å²) >= 11 is 16.1. The Morgan fingerprint density at radius 3 is 0.779 bits per heavy atom. The molecule has 0 amide bonds. The van der Waals surface area contributed by atoms with Gasteiger partial charge in [0.1, 0.15) is 27.3 Å². The van der Waals surface area contributed by atoms with E-state index in [1.807, 2.05) is 91.0 Å². The van der Waals surface area contributed by atoms with E-state index in [0.29, 0.717) is 15.6 Å². The average Bonchev–Trinajstić information content (AvgIpc) is 1.59. The van der Waals surface area contributed by atoms with Crippen molar-refractivity contribution in [3.05, 3.63) is 511 Å². The molecule has 3 heterocycles. The maximum atomic E-state index is 6.35. The van der Waals surface area contributed by atoms with Gasteiger partial charge in [-0.3, -0.25) is 0 Å². The Hall–Kier alpha value is -11.5. The third-order valence-electron chi connectivity index (χ3n) is 22.9. The molecule has 0 N–H and O–H groups in total. The Morgan fingerprint density at radius 1 is 0.264 bits per heavy atom. The maximum Gasteiger partial charge on any atom is 0.495 e. The van der Waals surface area contributed by atoms with Crippen molar-refractivity contribution in [2.24, 2.45) is 0 Å². The van der Waals surface area contributed by atoms with Crippen LogP contribution in [-0.4, -0.2) is 34.5 Å². The summed E-state index contributed by atoms with van der Waals surface area (Å²) in [6.45, 7) is 21.7. The van der Waals surface area contributed by atoms with Crippen LogP contribution in [0.4, 0.5) is 0 Å². The molecule has 1 saturated heterocycles. The summed E-state index contributed by atoms with van der Waals surface area (Å²) < 4.78 is 25.5. The first-order valence-corrected chi connectivity index (χ1v) is 60.2. The molecule has 0 atom stereocenters. The van der Waals surface area contributed by atoms with Crippen LogP contribution in [0.5, 0.6) is 0 Å². The summed E-state index contributed by atoms with van der Waals surface area (Å²) in [6, 6.07) is 169. The van der Waals surface area contributed by atoms with Gasteiger partial charge in [-0.1, -0.05) is 525 Å². The molecule has 1 fully saturated rings. The minimum absolute atomic E-state index is 0. The molecule has 0 bridgehead atoms. The molecule has 700 valence electrons. The fraction of sp³-hybridized carbons (Fsp3) is 0.104. The number of furan rings is 2. The molecule has 0 unspecified atom stereocenters. The summed E-state index contributed by atoms with van der Waals surface area (Å²) in [5.41, 5.74) is 14.5. The van der Waals surface area contributed by atoms with Gasteiger partial charge in [0.15, 0.2) is 11.2 Å². The zero-order valence-corrected chi connectivity index (χ0v) is 89.9. The monoisotopic (exact) mass is 2120 g/mol. The van der Waals surface area contributed by atoms with Crippen LogP contribution in [0.1, 0.15) is 46.2 Å². The van der Waals surface area contributed by atoms with Crippen LogP contribution in [0.2, 0.25) is 49.3 Å². The zero-order chi connectivity index (χ0) is 96.3. The smallest absolute Gasteiger partial charge is 0.455 e. The van der Waals surface area contributed by atoms with Crippen LogP contribution >= 0.6 is 70.8 Å². The molecule has 0 radical (unpaired) electrons. The van der Waals surface area contributed by atoms with Gasteiger partial charge in [-0.25, -0.2) is 0 Å². The molecule has 0 saturated carbocycles. The summed E-state index contributed by atoms with van der Waals surface area (Å²) in [5, 5.41) is 22.1. The molecule has 140 heavy (non-hydrogen) atoms. The van der Waals surface area contributed by atoms with Crippen molar-refractivity contribution < 1.29 is 38.6 Å². The van der Waals surface area contributed by atoms with Gasteiger partial charge in [-0.15, -0.1) is 11.1 Å². The molecule has 21 rings (SSSR count). The van der Waals surface area contributed by atoms with E-state index in [0.717, 1.165) is 70.5 Å². The summed E-state index contributed by atoms with van der Waals surface area (Å²) in [6.07, 6.45) is 0. The van der Waals surface area contributed by atoms with E-state index in [-0.39, 0.29) is 39.1 Å². The summed E-state index contributed by atoms with van der Waals surface area (Å²) in [7, 11) is -4.91. The van der Waals surface area contributed by atoms with E-state index in [1.54, 1.807) is 0 Å². The van der Waals surface area contributed by atoms with Crippen molar-refractivity contribution in [2.45, 2.75) is 85.6 Å². The number of hydrogen-bond acceptors (Lipinski definition) is 4. The molecular weight excluding hydrogens is 2010 g/mol. The minimum atomic E-state index is -1.45. The van der Waals surface area contributed by atoms with Gasteiger partial charge in [0, 0.05) is 57.6 Å². The van der Waals surface area contributed by atoms with Gasteiger partial charge >= 0.3 is 7.12 Å².